The van der Waals surface area contributed by atoms with E-state index in [-0.39, 0.29) is 29.7 Å². The number of aromatic nitrogens is 1. The van der Waals surface area contributed by atoms with E-state index in [9.17, 15) is 19.1 Å². The van der Waals surface area contributed by atoms with E-state index in [0.29, 0.717) is 17.7 Å². The van der Waals surface area contributed by atoms with Crippen LogP contribution in [0.2, 0.25) is 0 Å². The normalized spacial score (nSPS) is 14.6. The highest BCUT2D eigenvalue weighted by Gasteiger charge is 2.24. The summed E-state index contributed by atoms with van der Waals surface area (Å²) in [6, 6.07) is 2.68. The first-order chi connectivity index (χ1) is 17.3. The number of carboxylic acid groups (broad SMARTS) is 1. The standard InChI is InChI=1S/C24H34FN5O5S/c1-16-13-17(2)18(19(25)14-16)15-35-21-20(23(32)33)22(36-28-21)27-24(34)26-5-3-4-6-29-7-9-30(10-8-29)11-12-31/h13-14,31H,3-12,15H2,1-2H3,(H,32,33)(H2,26,27,34). The molecule has 2 heterocycles. The minimum atomic E-state index is -1.30. The molecular formula is C24H34FN5O5S. The maximum Gasteiger partial charge on any atom is 0.344 e. The van der Waals surface area contributed by atoms with Gasteiger partial charge < -0.3 is 25.2 Å². The Hall–Kier alpha value is -2.80. The van der Waals surface area contributed by atoms with Crippen LogP contribution in [0.3, 0.4) is 0 Å². The Morgan fingerprint density at radius 1 is 1.14 bits per heavy atom. The van der Waals surface area contributed by atoms with Crippen molar-refractivity contribution in [1.29, 1.82) is 0 Å². The monoisotopic (exact) mass is 523 g/mol. The minimum Gasteiger partial charge on any atom is -0.477 e. The molecule has 0 spiro atoms. The number of carboxylic acids is 1. The van der Waals surface area contributed by atoms with Gasteiger partial charge in [0.25, 0.3) is 0 Å². The Labute approximate surface area is 214 Å². The van der Waals surface area contributed by atoms with Gasteiger partial charge in [-0.1, -0.05) is 6.07 Å². The van der Waals surface area contributed by atoms with Crippen molar-refractivity contribution in [2.45, 2.75) is 33.3 Å². The topological polar surface area (TPSA) is 127 Å². The van der Waals surface area contributed by atoms with E-state index in [0.717, 1.165) is 69.2 Å². The van der Waals surface area contributed by atoms with Crippen LogP contribution in [0.25, 0.3) is 0 Å². The molecule has 3 rings (SSSR count). The first kappa shape index (κ1) is 27.8. The van der Waals surface area contributed by atoms with Crippen LogP contribution in [0.15, 0.2) is 12.1 Å². The molecule has 0 radical (unpaired) electrons. The summed E-state index contributed by atoms with van der Waals surface area (Å²) in [7, 11) is 0. The zero-order valence-corrected chi connectivity index (χ0v) is 21.5. The van der Waals surface area contributed by atoms with Crippen LogP contribution >= 0.6 is 11.5 Å². The van der Waals surface area contributed by atoms with Crippen molar-refractivity contribution in [3.8, 4) is 5.88 Å². The van der Waals surface area contributed by atoms with Gasteiger partial charge in [0.1, 0.15) is 17.4 Å². The Balaban J connectivity index is 1.43. The third-order valence-corrected chi connectivity index (χ3v) is 6.83. The summed E-state index contributed by atoms with van der Waals surface area (Å²) in [4.78, 5) is 28.7. The number of nitrogens with one attached hydrogen (secondary N) is 2. The second-order valence-electron chi connectivity index (χ2n) is 8.82. The van der Waals surface area contributed by atoms with E-state index in [1.165, 1.54) is 6.07 Å². The molecule has 4 N–H and O–H groups in total. The number of β-amino-alcohol motifs (C(OH)–C–C–N with tert-alkyl or cyclic N) is 1. The number of ether oxygens (including phenoxy) is 1. The van der Waals surface area contributed by atoms with E-state index >= 15 is 0 Å². The molecule has 10 nitrogen and oxygen atoms in total. The van der Waals surface area contributed by atoms with Crippen LogP contribution in [0, 0.1) is 19.7 Å². The molecule has 1 saturated heterocycles. The number of carbonyl (C=O) groups is 2. The second-order valence-corrected chi connectivity index (χ2v) is 9.60. The van der Waals surface area contributed by atoms with E-state index in [1.54, 1.807) is 13.8 Å². The molecule has 2 aromatic rings. The number of aromatic carboxylic acids is 1. The summed E-state index contributed by atoms with van der Waals surface area (Å²) in [6.45, 7) is 9.50. The van der Waals surface area contributed by atoms with E-state index in [4.69, 9.17) is 9.84 Å². The molecule has 1 aromatic heterocycles. The SMILES string of the molecule is Cc1cc(C)c(COc2nsc(NC(=O)NCCCCN3CCN(CCO)CC3)c2C(=O)O)c(F)c1. The molecular weight excluding hydrogens is 489 g/mol. The number of rotatable bonds is 12. The van der Waals surface area contributed by atoms with Gasteiger partial charge in [-0.3, -0.25) is 10.2 Å². The number of unbranched alkanes of at least 4 members (excludes halogenated alkanes) is 1. The van der Waals surface area contributed by atoms with Crippen LogP contribution in [-0.2, 0) is 6.61 Å². The van der Waals surface area contributed by atoms with Gasteiger partial charge in [-0.2, -0.15) is 4.37 Å². The fourth-order valence-electron chi connectivity index (χ4n) is 4.10. The third kappa shape index (κ3) is 7.85. The number of hydrogen-bond donors (Lipinski definition) is 4. The fraction of sp³-hybridized carbons (Fsp3) is 0.542. The summed E-state index contributed by atoms with van der Waals surface area (Å²) < 4.78 is 23.8. The molecule has 1 aliphatic rings. The minimum absolute atomic E-state index is 0.0526. The van der Waals surface area contributed by atoms with Crippen molar-refractivity contribution in [1.82, 2.24) is 19.5 Å². The number of piperazine rings is 1. The lowest BCUT2D eigenvalue weighted by molar-refractivity contribution is 0.0693. The summed E-state index contributed by atoms with van der Waals surface area (Å²) in [5.41, 5.74) is 1.54. The van der Waals surface area contributed by atoms with Gasteiger partial charge in [-0.05, 0) is 62.0 Å². The number of aliphatic hydroxyl groups excluding tert-OH is 1. The molecule has 0 saturated carbocycles. The molecule has 12 heteroatoms. The molecule has 0 atom stereocenters. The predicted octanol–water partition coefficient (Wildman–Crippen LogP) is 2.69. The van der Waals surface area contributed by atoms with Crippen molar-refractivity contribution in [3.63, 3.8) is 0 Å². The third-order valence-electron chi connectivity index (χ3n) is 6.09. The van der Waals surface area contributed by atoms with Gasteiger partial charge in [-0.15, -0.1) is 0 Å². The highest BCUT2D eigenvalue weighted by molar-refractivity contribution is 7.11. The number of aryl methyl sites for hydroxylation is 2. The molecule has 0 unspecified atom stereocenters. The number of hydrogen-bond acceptors (Lipinski definition) is 8. The number of amides is 2. The zero-order chi connectivity index (χ0) is 26.1. The van der Waals surface area contributed by atoms with Gasteiger partial charge in [0.05, 0.1) is 6.61 Å². The summed E-state index contributed by atoms with van der Waals surface area (Å²) in [5, 5.41) is 24.0. The Morgan fingerprint density at radius 2 is 1.83 bits per heavy atom. The maximum absolute atomic E-state index is 14.3. The smallest absolute Gasteiger partial charge is 0.344 e. The van der Waals surface area contributed by atoms with Crippen LogP contribution in [0.1, 0.15) is 39.9 Å². The summed E-state index contributed by atoms with van der Waals surface area (Å²) in [5.74, 6) is -1.89. The van der Waals surface area contributed by atoms with Crippen molar-refractivity contribution in [3.05, 3.63) is 40.2 Å². The van der Waals surface area contributed by atoms with Crippen molar-refractivity contribution in [2.75, 3.05) is 57.7 Å². The number of urea groups is 1. The quantitative estimate of drug-likeness (QED) is 0.313. The highest BCUT2D eigenvalue weighted by Crippen LogP contribution is 2.31. The van der Waals surface area contributed by atoms with Crippen LogP contribution < -0.4 is 15.4 Å². The fourth-order valence-corrected chi connectivity index (χ4v) is 4.83. The molecule has 0 bridgehead atoms. The van der Waals surface area contributed by atoms with Gasteiger partial charge in [0, 0.05) is 44.8 Å². The number of carbonyl (C=O) groups excluding carboxylic acids is 1. The van der Waals surface area contributed by atoms with Crippen LogP contribution in [0.4, 0.5) is 14.2 Å². The molecule has 2 amide bonds. The molecule has 198 valence electrons. The van der Waals surface area contributed by atoms with Gasteiger partial charge in [0.2, 0.25) is 5.88 Å². The van der Waals surface area contributed by atoms with Gasteiger partial charge in [0.15, 0.2) is 5.56 Å². The predicted molar refractivity (Wildman–Crippen MR) is 136 cm³/mol. The number of aliphatic hydroxyl groups is 1. The average molecular weight is 524 g/mol. The summed E-state index contributed by atoms with van der Waals surface area (Å²) >= 11 is 0.797. The van der Waals surface area contributed by atoms with E-state index in [1.807, 2.05) is 6.07 Å². The lowest BCUT2D eigenvalue weighted by Gasteiger charge is -2.34. The zero-order valence-electron chi connectivity index (χ0n) is 20.7. The number of halogens is 1. The summed E-state index contributed by atoms with van der Waals surface area (Å²) in [6.07, 6.45) is 1.71. The molecule has 1 aliphatic heterocycles. The van der Waals surface area contributed by atoms with Crippen molar-refractivity contribution < 1.29 is 28.9 Å². The van der Waals surface area contributed by atoms with E-state index in [2.05, 4.69) is 24.8 Å². The Morgan fingerprint density at radius 3 is 2.47 bits per heavy atom. The number of anilines is 1. The average Bonchev–Trinajstić information content (AvgIpc) is 3.22. The van der Waals surface area contributed by atoms with Gasteiger partial charge >= 0.3 is 12.0 Å². The molecule has 0 aliphatic carbocycles. The van der Waals surface area contributed by atoms with Crippen molar-refractivity contribution >= 4 is 28.5 Å². The lowest BCUT2D eigenvalue weighted by atomic mass is 10.1. The molecule has 1 fully saturated rings. The van der Waals surface area contributed by atoms with Crippen LogP contribution in [-0.4, -0.2) is 88.8 Å². The largest absolute Gasteiger partial charge is 0.477 e. The first-order valence-electron chi connectivity index (χ1n) is 12.0. The molecule has 36 heavy (non-hydrogen) atoms. The first-order valence-corrected chi connectivity index (χ1v) is 12.8. The van der Waals surface area contributed by atoms with Crippen molar-refractivity contribution in [2.24, 2.45) is 0 Å². The Kier molecular flexibility index (Phi) is 10.4. The number of benzene rings is 1. The van der Waals surface area contributed by atoms with Gasteiger partial charge in [-0.25, -0.2) is 14.0 Å². The lowest BCUT2D eigenvalue weighted by Crippen LogP contribution is -2.47. The van der Waals surface area contributed by atoms with Crippen LogP contribution in [0.5, 0.6) is 5.88 Å². The maximum atomic E-state index is 14.3. The Bertz CT molecular complexity index is 1020. The van der Waals surface area contributed by atoms with E-state index < -0.39 is 17.8 Å². The molecule has 1 aromatic carbocycles. The second kappa shape index (κ2) is 13.5. The highest BCUT2D eigenvalue weighted by atomic mass is 32.1. The number of nitrogens with zero attached hydrogens (tertiary/aromatic N) is 3.